The van der Waals surface area contributed by atoms with Crippen LogP contribution < -0.4 is 0 Å². The molecule has 1 heterocycles. The van der Waals surface area contributed by atoms with E-state index in [1.807, 2.05) is 0 Å². The maximum absolute atomic E-state index is 10.7. The number of β-amino-alcohol motifs (C(OH)–C–C–N with tert-alkyl or cyclic N) is 1. The lowest BCUT2D eigenvalue weighted by molar-refractivity contribution is -0.0131. The van der Waals surface area contributed by atoms with Gasteiger partial charge >= 0.3 is 0 Å². The molecule has 1 aliphatic heterocycles. The van der Waals surface area contributed by atoms with Crippen molar-refractivity contribution in [2.45, 2.75) is 70.6 Å². The highest BCUT2D eigenvalue weighted by Gasteiger charge is 2.48. The van der Waals surface area contributed by atoms with E-state index in [0.29, 0.717) is 12.0 Å². The fourth-order valence-electron chi connectivity index (χ4n) is 3.40. The first-order valence-electron chi connectivity index (χ1n) is 6.58. The van der Waals surface area contributed by atoms with Crippen LogP contribution in [-0.2, 0) is 0 Å². The standard InChI is InChI=1S/C13H25NO/c1-4-11(5-2)13(15)8-10(3)14(9-13)12-6-7-12/h10-12,15H,4-9H2,1-3H3. The Morgan fingerprint density at radius 1 is 1.33 bits per heavy atom. The van der Waals surface area contributed by atoms with Gasteiger partial charge in [-0.3, -0.25) is 4.90 Å². The fourth-order valence-corrected chi connectivity index (χ4v) is 3.40. The molecule has 2 fully saturated rings. The predicted molar refractivity (Wildman–Crippen MR) is 62.8 cm³/mol. The van der Waals surface area contributed by atoms with Gasteiger partial charge < -0.3 is 5.11 Å². The van der Waals surface area contributed by atoms with E-state index in [1.165, 1.54) is 12.8 Å². The molecule has 15 heavy (non-hydrogen) atoms. The first kappa shape index (κ1) is 11.4. The second kappa shape index (κ2) is 4.06. The summed E-state index contributed by atoms with van der Waals surface area (Å²) in [6.07, 6.45) is 5.90. The molecule has 0 aromatic rings. The molecule has 1 aliphatic carbocycles. The minimum absolute atomic E-state index is 0.397. The fraction of sp³-hybridized carbons (Fsp3) is 1.00. The van der Waals surface area contributed by atoms with Crippen LogP contribution in [0.3, 0.4) is 0 Å². The monoisotopic (exact) mass is 211 g/mol. The number of nitrogens with zero attached hydrogens (tertiary/aromatic N) is 1. The van der Waals surface area contributed by atoms with Gasteiger partial charge in [-0.15, -0.1) is 0 Å². The molecule has 0 radical (unpaired) electrons. The van der Waals surface area contributed by atoms with Gasteiger partial charge in [-0.05, 0) is 32.1 Å². The van der Waals surface area contributed by atoms with Crippen molar-refractivity contribution in [1.29, 1.82) is 0 Å². The summed E-state index contributed by atoms with van der Waals surface area (Å²) in [5.74, 6) is 0.490. The Kier molecular flexibility index (Phi) is 3.09. The van der Waals surface area contributed by atoms with Gasteiger partial charge in [0.1, 0.15) is 0 Å². The minimum Gasteiger partial charge on any atom is -0.388 e. The summed E-state index contributed by atoms with van der Waals surface area (Å²) in [4.78, 5) is 2.54. The van der Waals surface area contributed by atoms with E-state index >= 15 is 0 Å². The van der Waals surface area contributed by atoms with Crippen LogP contribution in [0.4, 0.5) is 0 Å². The lowest BCUT2D eigenvalue weighted by atomic mass is 9.82. The molecule has 1 saturated carbocycles. The molecular formula is C13H25NO. The first-order valence-corrected chi connectivity index (χ1v) is 6.58. The topological polar surface area (TPSA) is 23.5 Å². The van der Waals surface area contributed by atoms with E-state index < -0.39 is 5.60 Å². The van der Waals surface area contributed by atoms with Crippen LogP contribution in [0, 0.1) is 5.92 Å². The molecule has 2 nitrogen and oxygen atoms in total. The van der Waals surface area contributed by atoms with Gasteiger partial charge in [0.05, 0.1) is 5.60 Å². The van der Waals surface area contributed by atoms with Crippen LogP contribution in [0.5, 0.6) is 0 Å². The number of aliphatic hydroxyl groups is 1. The van der Waals surface area contributed by atoms with Gasteiger partial charge in [-0.2, -0.15) is 0 Å². The number of rotatable bonds is 4. The molecule has 2 heteroatoms. The second-order valence-electron chi connectivity index (χ2n) is 5.57. The van der Waals surface area contributed by atoms with E-state index in [9.17, 15) is 5.11 Å². The molecule has 1 saturated heterocycles. The number of hydrogen-bond acceptors (Lipinski definition) is 2. The van der Waals surface area contributed by atoms with Crippen molar-refractivity contribution in [3.05, 3.63) is 0 Å². The molecule has 0 aromatic carbocycles. The highest BCUT2D eigenvalue weighted by Crippen LogP contribution is 2.41. The van der Waals surface area contributed by atoms with Crippen LogP contribution in [0.15, 0.2) is 0 Å². The summed E-state index contributed by atoms with van der Waals surface area (Å²) in [7, 11) is 0. The zero-order valence-electron chi connectivity index (χ0n) is 10.4. The van der Waals surface area contributed by atoms with E-state index in [-0.39, 0.29) is 0 Å². The zero-order valence-corrected chi connectivity index (χ0v) is 10.4. The van der Waals surface area contributed by atoms with Gasteiger partial charge in [0.25, 0.3) is 0 Å². The van der Waals surface area contributed by atoms with Crippen LogP contribution in [-0.4, -0.2) is 34.2 Å². The molecule has 2 aliphatic rings. The van der Waals surface area contributed by atoms with Crippen molar-refractivity contribution in [1.82, 2.24) is 4.90 Å². The van der Waals surface area contributed by atoms with Crippen LogP contribution in [0.1, 0.15) is 52.9 Å². The van der Waals surface area contributed by atoms with Crippen LogP contribution in [0.25, 0.3) is 0 Å². The summed E-state index contributed by atoms with van der Waals surface area (Å²) in [5.41, 5.74) is -0.397. The van der Waals surface area contributed by atoms with Gasteiger partial charge in [-0.25, -0.2) is 0 Å². The molecule has 2 atom stereocenters. The third-order valence-corrected chi connectivity index (χ3v) is 4.43. The largest absolute Gasteiger partial charge is 0.388 e. The Hall–Kier alpha value is -0.0800. The number of hydrogen-bond donors (Lipinski definition) is 1. The molecule has 0 aromatic heterocycles. The second-order valence-corrected chi connectivity index (χ2v) is 5.57. The molecule has 0 amide bonds. The third-order valence-electron chi connectivity index (χ3n) is 4.43. The van der Waals surface area contributed by atoms with Gasteiger partial charge in [0.2, 0.25) is 0 Å². The summed E-state index contributed by atoms with van der Waals surface area (Å²) in [6.45, 7) is 7.61. The maximum atomic E-state index is 10.7. The third kappa shape index (κ3) is 2.07. The Morgan fingerprint density at radius 2 is 1.93 bits per heavy atom. The van der Waals surface area contributed by atoms with Crippen molar-refractivity contribution in [3.8, 4) is 0 Å². The average Bonchev–Trinajstić information content (AvgIpc) is 2.95. The lowest BCUT2D eigenvalue weighted by Crippen LogP contribution is -2.41. The van der Waals surface area contributed by atoms with Crippen molar-refractivity contribution in [3.63, 3.8) is 0 Å². The molecule has 2 rings (SSSR count). The van der Waals surface area contributed by atoms with Crippen molar-refractivity contribution < 1.29 is 5.11 Å². The Balaban J connectivity index is 2.04. The van der Waals surface area contributed by atoms with Gasteiger partial charge in [-0.1, -0.05) is 26.7 Å². The molecule has 1 N–H and O–H groups in total. The molecule has 88 valence electrons. The Labute approximate surface area is 93.7 Å². The van der Waals surface area contributed by atoms with Crippen molar-refractivity contribution in [2.24, 2.45) is 5.92 Å². The highest BCUT2D eigenvalue weighted by molar-refractivity contribution is 5.02. The van der Waals surface area contributed by atoms with Crippen LogP contribution in [0.2, 0.25) is 0 Å². The predicted octanol–water partition coefficient (Wildman–Crippen LogP) is 2.41. The van der Waals surface area contributed by atoms with E-state index in [2.05, 4.69) is 25.7 Å². The van der Waals surface area contributed by atoms with E-state index in [0.717, 1.165) is 31.8 Å². The van der Waals surface area contributed by atoms with E-state index in [1.54, 1.807) is 0 Å². The van der Waals surface area contributed by atoms with Gasteiger partial charge in [0.15, 0.2) is 0 Å². The Bertz CT molecular complexity index is 223. The summed E-state index contributed by atoms with van der Waals surface area (Å²) in [6, 6.07) is 1.38. The van der Waals surface area contributed by atoms with Crippen LogP contribution >= 0.6 is 0 Å². The van der Waals surface area contributed by atoms with Gasteiger partial charge in [0, 0.05) is 18.6 Å². The highest BCUT2D eigenvalue weighted by atomic mass is 16.3. The Morgan fingerprint density at radius 3 is 2.40 bits per heavy atom. The summed E-state index contributed by atoms with van der Waals surface area (Å²) in [5, 5.41) is 10.7. The van der Waals surface area contributed by atoms with E-state index in [4.69, 9.17) is 0 Å². The molecular weight excluding hydrogens is 186 g/mol. The molecule has 2 unspecified atom stereocenters. The number of likely N-dealkylation sites (tertiary alicyclic amines) is 1. The SMILES string of the molecule is CCC(CC)C1(O)CC(C)N(C2CC2)C1. The quantitative estimate of drug-likeness (QED) is 0.772. The summed E-state index contributed by atoms with van der Waals surface area (Å²) < 4.78 is 0. The summed E-state index contributed by atoms with van der Waals surface area (Å²) >= 11 is 0. The zero-order chi connectivity index (χ0) is 11.1. The first-order chi connectivity index (χ1) is 7.10. The minimum atomic E-state index is -0.397. The van der Waals surface area contributed by atoms with Crippen molar-refractivity contribution >= 4 is 0 Å². The molecule has 0 spiro atoms. The smallest absolute Gasteiger partial charge is 0.0816 e. The maximum Gasteiger partial charge on any atom is 0.0816 e. The average molecular weight is 211 g/mol. The molecule has 0 bridgehead atoms. The normalized spacial score (nSPS) is 37.8. The lowest BCUT2D eigenvalue weighted by Gasteiger charge is -2.31. The van der Waals surface area contributed by atoms with Crippen molar-refractivity contribution in [2.75, 3.05) is 6.54 Å².